The van der Waals surface area contributed by atoms with E-state index in [1.54, 1.807) is 0 Å². The summed E-state index contributed by atoms with van der Waals surface area (Å²) >= 11 is 0. The van der Waals surface area contributed by atoms with Gasteiger partial charge < -0.3 is 21.1 Å². The Morgan fingerprint density at radius 2 is 1.58 bits per heavy atom. The smallest absolute Gasteiger partial charge is 0.407 e. The van der Waals surface area contributed by atoms with Gasteiger partial charge in [0.1, 0.15) is 6.61 Å². The molecule has 1 atom stereocenters. The highest BCUT2D eigenvalue weighted by molar-refractivity contribution is 5.90. The van der Waals surface area contributed by atoms with Crippen molar-refractivity contribution in [2.24, 2.45) is 5.73 Å². The average Bonchev–Trinajstić information content (AvgIpc) is 3.11. The molecule has 0 aromatic heterocycles. The molecule has 0 aliphatic heterocycles. The predicted molar refractivity (Wildman–Crippen MR) is 123 cm³/mol. The quantitative estimate of drug-likeness (QED) is 0.453. The van der Waals surface area contributed by atoms with Crippen LogP contribution in [-0.2, 0) is 19.1 Å². The predicted octanol–water partition coefficient (Wildman–Crippen LogP) is 2.64. The zero-order chi connectivity index (χ0) is 23.8. The molecule has 8 nitrogen and oxygen atoms in total. The zero-order valence-electron chi connectivity index (χ0n) is 18.6. The number of alkyl carbamates (subject to hydrolysis) is 1. The zero-order valence-corrected chi connectivity index (χ0v) is 18.6. The van der Waals surface area contributed by atoms with E-state index in [0.29, 0.717) is 12.8 Å². The van der Waals surface area contributed by atoms with Crippen LogP contribution in [0.1, 0.15) is 49.7 Å². The number of ether oxygens (including phenoxy) is 1. The molecular weight excluding hydrogens is 422 g/mol. The molecule has 8 heteroatoms. The van der Waals surface area contributed by atoms with Crippen LogP contribution in [0.3, 0.4) is 0 Å². The van der Waals surface area contributed by atoms with Crippen molar-refractivity contribution in [2.75, 3.05) is 13.2 Å². The minimum Gasteiger partial charge on any atom is -0.449 e. The van der Waals surface area contributed by atoms with Crippen LogP contribution in [0.4, 0.5) is 4.79 Å². The van der Waals surface area contributed by atoms with Crippen LogP contribution in [0.2, 0.25) is 0 Å². The van der Waals surface area contributed by atoms with E-state index in [1.165, 1.54) is 6.92 Å². The number of hydrogen-bond acceptors (Lipinski definition) is 5. The minimum atomic E-state index is -0.717. The van der Waals surface area contributed by atoms with Gasteiger partial charge in [0.2, 0.25) is 11.8 Å². The van der Waals surface area contributed by atoms with Crippen molar-refractivity contribution in [3.05, 3.63) is 59.7 Å². The van der Waals surface area contributed by atoms with E-state index >= 15 is 0 Å². The number of Topliss-reactive ketones (excluding diaryl/α,β-unsaturated/α-hetero) is 1. The Bertz CT molecular complexity index is 991. The third-order valence-corrected chi connectivity index (χ3v) is 5.67. The molecule has 2 aromatic carbocycles. The molecule has 2 aromatic rings. The van der Waals surface area contributed by atoms with Crippen LogP contribution in [-0.4, -0.2) is 42.9 Å². The molecule has 3 amide bonds. The number of carbonyl (C=O) groups is 4. The summed E-state index contributed by atoms with van der Waals surface area (Å²) < 4.78 is 5.49. The van der Waals surface area contributed by atoms with Gasteiger partial charge in [0, 0.05) is 32.2 Å². The highest BCUT2D eigenvalue weighted by atomic mass is 16.5. The summed E-state index contributed by atoms with van der Waals surface area (Å²) in [6.45, 7) is 1.83. The van der Waals surface area contributed by atoms with Crippen molar-refractivity contribution in [3.8, 4) is 11.1 Å². The van der Waals surface area contributed by atoms with Gasteiger partial charge in [0.25, 0.3) is 0 Å². The number of fused-ring (bicyclic) bond motifs is 3. The number of hydrogen-bond donors (Lipinski definition) is 3. The lowest BCUT2D eigenvalue weighted by atomic mass is 9.98. The van der Waals surface area contributed by atoms with E-state index in [-0.39, 0.29) is 43.6 Å². The maximum Gasteiger partial charge on any atom is 0.407 e. The summed E-state index contributed by atoms with van der Waals surface area (Å²) in [7, 11) is 0. The van der Waals surface area contributed by atoms with Crippen LogP contribution >= 0.6 is 0 Å². The summed E-state index contributed by atoms with van der Waals surface area (Å²) in [5.74, 6) is -1.18. The van der Waals surface area contributed by atoms with Gasteiger partial charge in [-0.2, -0.15) is 0 Å². The fraction of sp³-hybridized carbons (Fsp3) is 0.360. The van der Waals surface area contributed by atoms with E-state index in [4.69, 9.17) is 10.5 Å². The number of nitrogens with one attached hydrogen (secondary N) is 2. The third kappa shape index (κ3) is 6.41. The Morgan fingerprint density at radius 1 is 0.970 bits per heavy atom. The maximum atomic E-state index is 12.2. The van der Waals surface area contributed by atoms with Crippen molar-refractivity contribution in [1.82, 2.24) is 10.6 Å². The fourth-order valence-corrected chi connectivity index (χ4v) is 4.13. The van der Waals surface area contributed by atoms with Gasteiger partial charge in [-0.05, 0) is 35.1 Å². The summed E-state index contributed by atoms with van der Waals surface area (Å²) in [5, 5.41) is 5.28. The number of rotatable bonds is 11. The summed E-state index contributed by atoms with van der Waals surface area (Å²) in [6, 6.07) is 15.5. The Kier molecular flexibility index (Phi) is 8.18. The third-order valence-electron chi connectivity index (χ3n) is 5.67. The molecule has 0 saturated heterocycles. The second kappa shape index (κ2) is 11.3. The van der Waals surface area contributed by atoms with Gasteiger partial charge >= 0.3 is 6.09 Å². The SMILES string of the molecule is CC(=O)N[C@@H](CCCNC(=O)OCC1c2ccccc2-c2ccccc21)C(=O)CCC(N)=O. The summed E-state index contributed by atoms with van der Waals surface area (Å²) in [6.07, 6.45) is 0.165. The van der Waals surface area contributed by atoms with Crippen molar-refractivity contribution < 1.29 is 23.9 Å². The Balaban J connectivity index is 1.46. The highest BCUT2D eigenvalue weighted by Gasteiger charge is 2.29. The second-order valence-electron chi connectivity index (χ2n) is 8.08. The number of amides is 3. The first-order valence-electron chi connectivity index (χ1n) is 11.0. The molecule has 1 aliphatic carbocycles. The molecular formula is C25H29N3O5. The molecule has 1 aliphatic rings. The van der Waals surface area contributed by atoms with Gasteiger partial charge in [0.15, 0.2) is 5.78 Å². The van der Waals surface area contributed by atoms with Crippen molar-refractivity contribution in [2.45, 2.75) is 44.6 Å². The van der Waals surface area contributed by atoms with Crippen molar-refractivity contribution >= 4 is 23.7 Å². The largest absolute Gasteiger partial charge is 0.449 e. The van der Waals surface area contributed by atoms with Crippen molar-refractivity contribution in [3.63, 3.8) is 0 Å². The van der Waals surface area contributed by atoms with Crippen LogP contribution in [0, 0.1) is 0 Å². The Labute approximate surface area is 192 Å². The lowest BCUT2D eigenvalue weighted by Crippen LogP contribution is -2.40. The van der Waals surface area contributed by atoms with Gasteiger partial charge in [-0.25, -0.2) is 4.79 Å². The molecule has 0 saturated carbocycles. The molecule has 4 N–H and O–H groups in total. The molecule has 174 valence electrons. The van der Waals surface area contributed by atoms with Crippen LogP contribution in [0.15, 0.2) is 48.5 Å². The molecule has 0 unspecified atom stereocenters. The van der Waals surface area contributed by atoms with Crippen LogP contribution < -0.4 is 16.4 Å². The molecule has 0 spiro atoms. The van der Waals surface area contributed by atoms with Crippen molar-refractivity contribution in [1.29, 1.82) is 0 Å². The lowest BCUT2D eigenvalue weighted by Gasteiger charge is -2.17. The van der Waals surface area contributed by atoms with Gasteiger partial charge in [-0.1, -0.05) is 48.5 Å². The van der Waals surface area contributed by atoms with E-state index in [0.717, 1.165) is 22.3 Å². The first kappa shape index (κ1) is 24.0. The number of ketones is 1. The standard InChI is InChI=1S/C25H29N3O5/c1-16(29)28-22(23(30)12-13-24(26)31)11-6-14-27-25(32)33-15-21-19-9-4-2-7-17(19)18-8-3-5-10-20(18)21/h2-5,7-10,21-22H,6,11-15H2,1H3,(H2,26,31)(H,27,32)(H,28,29)/t22-/m0/s1. The van der Waals surface area contributed by atoms with Crippen LogP contribution in [0.5, 0.6) is 0 Å². The average molecular weight is 452 g/mol. The minimum absolute atomic E-state index is 0.0184. The summed E-state index contributed by atoms with van der Waals surface area (Å²) in [4.78, 5) is 46.7. The Morgan fingerprint density at radius 3 is 2.15 bits per heavy atom. The van der Waals surface area contributed by atoms with Gasteiger partial charge in [-0.15, -0.1) is 0 Å². The number of carbonyl (C=O) groups excluding carboxylic acids is 4. The lowest BCUT2D eigenvalue weighted by molar-refractivity contribution is -0.128. The molecule has 33 heavy (non-hydrogen) atoms. The van der Waals surface area contributed by atoms with Crippen LogP contribution in [0.25, 0.3) is 11.1 Å². The fourth-order valence-electron chi connectivity index (χ4n) is 4.13. The second-order valence-corrected chi connectivity index (χ2v) is 8.08. The van der Waals surface area contributed by atoms with Gasteiger partial charge in [0.05, 0.1) is 6.04 Å². The Hall–Kier alpha value is -3.68. The number of primary amides is 1. The normalized spacial score (nSPS) is 12.9. The molecule has 0 heterocycles. The molecule has 0 bridgehead atoms. The first-order chi connectivity index (χ1) is 15.9. The molecule has 3 rings (SSSR count). The highest BCUT2D eigenvalue weighted by Crippen LogP contribution is 2.44. The summed E-state index contributed by atoms with van der Waals surface area (Å²) in [5.41, 5.74) is 9.68. The van der Waals surface area contributed by atoms with E-state index in [1.807, 2.05) is 24.3 Å². The molecule has 0 radical (unpaired) electrons. The van der Waals surface area contributed by atoms with E-state index < -0.39 is 18.0 Å². The number of benzene rings is 2. The van der Waals surface area contributed by atoms with E-state index in [2.05, 4.69) is 34.9 Å². The first-order valence-corrected chi connectivity index (χ1v) is 11.0. The monoisotopic (exact) mass is 451 g/mol. The number of nitrogens with two attached hydrogens (primary N) is 1. The van der Waals surface area contributed by atoms with E-state index in [9.17, 15) is 19.2 Å². The van der Waals surface area contributed by atoms with Gasteiger partial charge in [-0.3, -0.25) is 14.4 Å². The molecule has 0 fully saturated rings. The maximum absolute atomic E-state index is 12.2. The topological polar surface area (TPSA) is 128 Å².